The van der Waals surface area contributed by atoms with Crippen LogP contribution in [0.2, 0.25) is 0 Å². The Kier molecular flexibility index (Phi) is 5.57. The van der Waals surface area contributed by atoms with Crippen LogP contribution in [-0.2, 0) is 19.4 Å². The minimum atomic E-state index is 0.550. The summed E-state index contributed by atoms with van der Waals surface area (Å²) >= 11 is 0. The molecule has 0 aromatic carbocycles. The first-order valence-electron chi connectivity index (χ1n) is 8.42. The van der Waals surface area contributed by atoms with Crippen LogP contribution in [0.3, 0.4) is 0 Å². The first-order valence-corrected chi connectivity index (χ1v) is 8.42. The summed E-state index contributed by atoms with van der Waals surface area (Å²) in [5, 5.41) is 8.98. The number of anilines is 1. The third-order valence-corrected chi connectivity index (χ3v) is 5.01. The second kappa shape index (κ2) is 7.21. The van der Waals surface area contributed by atoms with E-state index in [2.05, 4.69) is 42.9 Å². The molecular formula is C17H30N4. The molecule has 0 atom stereocenters. The van der Waals surface area contributed by atoms with Gasteiger partial charge in [0.25, 0.3) is 0 Å². The van der Waals surface area contributed by atoms with Crippen molar-refractivity contribution in [3.8, 4) is 0 Å². The molecule has 2 N–H and O–H groups in total. The number of nitrogens with zero attached hydrogens (tertiary/aromatic N) is 3. The number of aromatic nitrogens is 2. The fraction of sp³-hybridized carbons (Fsp3) is 0.765. The Labute approximate surface area is 129 Å². The maximum Gasteiger partial charge on any atom is 0.156 e. The van der Waals surface area contributed by atoms with E-state index in [1.807, 2.05) is 0 Å². The topological polar surface area (TPSA) is 55.0 Å². The number of hydrogen-bond donors (Lipinski definition) is 1. The summed E-state index contributed by atoms with van der Waals surface area (Å²) in [6, 6.07) is 0.581. The molecule has 0 unspecified atom stereocenters. The van der Waals surface area contributed by atoms with E-state index in [1.54, 1.807) is 0 Å². The van der Waals surface area contributed by atoms with Gasteiger partial charge < -0.3 is 10.6 Å². The maximum atomic E-state index is 6.05. The number of nitrogens with two attached hydrogens (primary N) is 1. The molecule has 0 saturated heterocycles. The van der Waals surface area contributed by atoms with Gasteiger partial charge in [-0.15, -0.1) is 5.10 Å². The summed E-state index contributed by atoms with van der Waals surface area (Å²) in [4.78, 5) is 2.33. The lowest BCUT2D eigenvalue weighted by atomic mass is 9.86. The van der Waals surface area contributed by atoms with E-state index in [1.165, 1.54) is 36.8 Å². The summed E-state index contributed by atoms with van der Waals surface area (Å²) in [6.07, 6.45) is 7.03. The van der Waals surface area contributed by atoms with E-state index in [9.17, 15) is 0 Å². The smallest absolute Gasteiger partial charge is 0.156 e. The monoisotopic (exact) mass is 290 g/mol. The van der Waals surface area contributed by atoms with E-state index in [-0.39, 0.29) is 0 Å². The average molecular weight is 290 g/mol. The lowest BCUT2D eigenvalue weighted by molar-refractivity contribution is 0.339. The van der Waals surface area contributed by atoms with Gasteiger partial charge in [0.05, 0.1) is 5.69 Å². The summed E-state index contributed by atoms with van der Waals surface area (Å²) in [5.41, 5.74) is 9.66. The molecule has 0 spiro atoms. The standard InChI is InChI=1S/C17H30N4/c1-5-14-15(11-18)17(20-19-16(14)6-2)21(4)13-9-7-12(3)8-10-13/h12-13H,5-11,18H2,1-4H3. The van der Waals surface area contributed by atoms with Crippen LogP contribution in [0.5, 0.6) is 0 Å². The Balaban J connectivity index is 2.30. The highest BCUT2D eigenvalue weighted by atomic mass is 15.3. The highest BCUT2D eigenvalue weighted by Gasteiger charge is 2.25. The Morgan fingerprint density at radius 3 is 2.24 bits per heavy atom. The van der Waals surface area contributed by atoms with E-state index in [0.29, 0.717) is 12.6 Å². The molecule has 1 aromatic heterocycles. The van der Waals surface area contributed by atoms with Gasteiger partial charge in [0.2, 0.25) is 0 Å². The molecule has 2 rings (SSSR count). The van der Waals surface area contributed by atoms with Crippen LogP contribution >= 0.6 is 0 Å². The van der Waals surface area contributed by atoms with Crippen LogP contribution in [0, 0.1) is 5.92 Å². The molecule has 1 heterocycles. The van der Waals surface area contributed by atoms with E-state index in [0.717, 1.165) is 30.3 Å². The van der Waals surface area contributed by atoms with Crippen LogP contribution in [0.4, 0.5) is 5.82 Å². The fourth-order valence-corrected chi connectivity index (χ4v) is 3.54. The van der Waals surface area contributed by atoms with E-state index >= 15 is 0 Å². The van der Waals surface area contributed by atoms with Crippen LogP contribution in [-0.4, -0.2) is 23.3 Å². The van der Waals surface area contributed by atoms with E-state index < -0.39 is 0 Å². The highest BCUT2D eigenvalue weighted by Crippen LogP contribution is 2.31. The molecule has 4 heteroatoms. The molecule has 4 nitrogen and oxygen atoms in total. The zero-order chi connectivity index (χ0) is 15.4. The largest absolute Gasteiger partial charge is 0.355 e. The van der Waals surface area contributed by atoms with E-state index in [4.69, 9.17) is 5.73 Å². The molecule has 1 aromatic rings. The molecule has 21 heavy (non-hydrogen) atoms. The summed E-state index contributed by atoms with van der Waals surface area (Å²) in [6.45, 7) is 7.22. The quantitative estimate of drug-likeness (QED) is 0.905. The van der Waals surface area contributed by atoms with Gasteiger partial charge in [-0.3, -0.25) is 0 Å². The van der Waals surface area contributed by atoms with Crippen molar-refractivity contribution in [1.82, 2.24) is 10.2 Å². The van der Waals surface area contributed by atoms with Crippen molar-refractivity contribution >= 4 is 5.82 Å². The second-order valence-corrected chi connectivity index (χ2v) is 6.36. The number of aryl methyl sites for hydroxylation is 1. The zero-order valence-corrected chi connectivity index (χ0v) is 14.0. The van der Waals surface area contributed by atoms with Crippen molar-refractivity contribution in [1.29, 1.82) is 0 Å². The van der Waals surface area contributed by atoms with Gasteiger partial charge in [0.1, 0.15) is 0 Å². The Hall–Kier alpha value is -1.16. The normalized spacial score (nSPS) is 22.3. The van der Waals surface area contributed by atoms with Crippen molar-refractivity contribution in [2.45, 2.75) is 71.9 Å². The van der Waals surface area contributed by atoms with Crippen molar-refractivity contribution in [3.05, 3.63) is 16.8 Å². The molecule has 0 radical (unpaired) electrons. The van der Waals surface area contributed by atoms with Crippen LogP contribution in [0.1, 0.15) is 63.3 Å². The molecule has 1 aliphatic carbocycles. The first kappa shape index (κ1) is 16.2. The molecule has 1 fully saturated rings. The van der Waals surface area contributed by atoms with Crippen molar-refractivity contribution in [2.24, 2.45) is 11.7 Å². The lowest BCUT2D eigenvalue weighted by Crippen LogP contribution is -2.36. The van der Waals surface area contributed by atoms with Gasteiger partial charge in [0, 0.05) is 25.2 Å². The Bertz CT molecular complexity index is 464. The second-order valence-electron chi connectivity index (χ2n) is 6.36. The van der Waals surface area contributed by atoms with Crippen molar-refractivity contribution in [3.63, 3.8) is 0 Å². The Morgan fingerprint density at radius 2 is 1.71 bits per heavy atom. The van der Waals surface area contributed by atoms with Crippen molar-refractivity contribution < 1.29 is 0 Å². The van der Waals surface area contributed by atoms with Gasteiger partial charge in [-0.25, -0.2) is 0 Å². The average Bonchev–Trinajstić information content (AvgIpc) is 2.53. The number of hydrogen-bond acceptors (Lipinski definition) is 4. The van der Waals surface area contributed by atoms with Gasteiger partial charge in [-0.05, 0) is 50.0 Å². The molecular weight excluding hydrogens is 260 g/mol. The zero-order valence-electron chi connectivity index (χ0n) is 14.0. The maximum absolute atomic E-state index is 6.05. The highest BCUT2D eigenvalue weighted by molar-refractivity contribution is 5.51. The molecule has 1 aliphatic rings. The first-order chi connectivity index (χ1) is 10.1. The molecule has 118 valence electrons. The van der Waals surface area contributed by atoms with Crippen LogP contribution in [0.25, 0.3) is 0 Å². The van der Waals surface area contributed by atoms with Crippen LogP contribution < -0.4 is 10.6 Å². The third-order valence-electron chi connectivity index (χ3n) is 5.01. The minimum Gasteiger partial charge on any atom is -0.355 e. The SMILES string of the molecule is CCc1nnc(N(C)C2CCC(C)CC2)c(CN)c1CC. The predicted molar refractivity (Wildman–Crippen MR) is 88.5 cm³/mol. The Morgan fingerprint density at radius 1 is 1.05 bits per heavy atom. The minimum absolute atomic E-state index is 0.550. The molecule has 0 aliphatic heterocycles. The van der Waals surface area contributed by atoms with Crippen LogP contribution in [0.15, 0.2) is 0 Å². The third kappa shape index (κ3) is 3.37. The van der Waals surface area contributed by atoms with Gasteiger partial charge in [0.15, 0.2) is 5.82 Å². The molecule has 0 amide bonds. The molecule has 1 saturated carbocycles. The fourth-order valence-electron chi connectivity index (χ4n) is 3.54. The van der Waals surface area contributed by atoms with Gasteiger partial charge in [-0.2, -0.15) is 5.10 Å². The lowest BCUT2D eigenvalue weighted by Gasteiger charge is -2.35. The summed E-state index contributed by atoms with van der Waals surface area (Å²) in [7, 11) is 2.16. The summed E-state index contributed by atoms with van der Waals surface area (Å²) < 4.78 is 0. The van der Waals surface area contributed by atoms with Crippen molar-refractivity contribution in [2.75, 3.05) is 11.9 Å². The molecule has 0 bridgehead atoms. The predicted octanol–water partition coefficient (Wildman–Crippen LogP) is 3.08. The van der Waals surface area contributed by atoms with Gasteiger partial charge in [-0.1, -0.05) is 20.8 Å². The number of rotatable bonds is 5. The summed E-state index contributed by atoms with van der Waals surface area (Å²) in [5.74, 6) is 1.87. The van der Waals surface area contributed by atoms with Gasteiger partial charge >= 0.3 is 0 Å².